The summed E-state index contributed by atoms with van der Waals surface area (Å²) in [5.41, 5.74) is 10.7. The van der Waals surface area contributed by atoms with Crippen molar-refractivity contribution in [2.24, 2.45) is 40.9 Å². The number of amides is 2. The minimum atomic E-state index is -0.115. The maximum absolute atomic E-state index is 12.8. The van der Waals surface area contributed by atoms with Crippen LogP contribution in [0.25, 0.3) is 0 Å². The first-order chi connectivity index (χ1) is 17.0. The minimum Gasteiger partial charge on any atom is -0.378 e. The van der Waals surface area contributed by atoms with Gasteiger partial charge in [-0.25, -0.2) is 0 Å². The Morgan fingerprint density at radius 2 is 1.53 bits per heavy atom. The second-order valence-corrected chi connectivity index (χ2v) is 12.4. The highest BCUT2D eigenvalue weighted by molar-refractivity contribution is 5.78. The Hall–Kier alpha value is -1.26. The second kappa shape index (κ2) is 15.2. The fourth-order valence-electron chi connectivity index (χ4n) is 5.46. The molecule has 2 amide bonds. The van der Waals surface area contributed by atoms with Gasteiger partial charge in [-0.3, -0.25) is 30.1 Å². The first kappa shape index (κ1) is 31.0. The van der Waals surface area contributed by atoms with Crippen LogP contribution >= 0.6 is 0 Å². The fraction of sp³-hybridized carbons (Fsp3) is 0.926. The van der Waals surface area contributed by atoms with Gasteiger partial charge in [0.2, 0.25) is 11.8 Å². The molecule has 0 saturated heterocycles. The van der Waals surface area contributed by atoms with E-state index in [0.717, 1.165) is 51.6 Å². The van der Waals surface area contributed by atoms with Crippen molar-refractivity contribution in [2.45, 2.75) is 99.5 Å². The van der Waals surface area contributed by atoms with Crippen molar-refractivity contribution in [3.8, 4) is 0 Å². The number of rotatable bonds is 13. The van der Waals surface area contributed by atoms with Crippen LogP contribution in [0.3, 0.4) is 0 Å². The van der Waals surface area contributed by atoms with E-state index in [1.165, 1.54) is 0 Å². The van der Waals surface area contributed by atoms with E-state index in [1.807, 2.05) is 6.92 Å². The highest BCUT2D eigenvalue weighted by Gasteiger charge is 2.38. The molecule has 0 heterocycles. The number of hydrogen-bond acceptors (Lipinski definition) is 7. The molecule has 2 fully saturated rings. The molecule has 6 unspecified atom stereocenters. The van der Waals surface area contributed by atoms with Crippen LogP contribution in [0, 0.1) is 40.9 Å². The summed E-state index contributed by atoms with van der Waals surface area (Å²) in [4.78, 5) is 36.2. The molecule has 6 atom stereocenters. The van der Waals surface area contributed by atoms with Gasteiger partial charge in [-0.2, -0.15) is 0 Å². The Labute approximate surface area is 218 Å². The maximum atomic E-state index is 12.8. The van der Waals surface area contributed by atoms with Crippen molar-refractivity contribution in [1.82, 2.24) is 22.0 Å². The van der Waals surface area contributed by atoms with E-state index in [2.05, 4.69) is 63.6 Å². The summed E-state index contributed by atoms with van der Waals surface area (Å²) in [6.45, 7) is 16.7. The topological polar surface area (TPSA) is 110 Å². The van der Waals surface area contributed by atoms with Crippen molar-refractivity contribution in [3.63, 3.8) is 0 Å². The Balaban J connectivity index is 1.79. The lowest BCUT2D eigenvalue weighted by atomic mass is 9.65. The van der Waals surface area contributed by atoms with Crippen LogP contribution < -0.4 is 22.0 Å². The molecule has 0 spiro atoms. The lowest BCUT2D eigenvalue weighted by Gasteiger charge is -2.40. The highest BCUT2D eigenvalue weighted by atomic mass is 16.7. The monoisotopic (exact) mass is 512 g/mol. The van der Waals surface area contributed by atoms with Crippen LogP contribution in [0.2, 0.25) is 0 Å². The molecule has 0 aromatic carbocycles. The molecule has 36 heavy (non-hydrogen) atoms. The zero-order chi connectivity index (χ0) is 26.7. The summed E-state index contributed by atoms with van der Waals surface area (Å²) in [5, 5.41) is 0. The third kappa shape index (κ3) is 11.0. The van der Waals surface area contributed by atoms with Gasteiger partial charge < -0.3 is 4.74 Å². The minimum absolute atomic E-state index is 0.0468. The number of hydrazine groups is 2. The predicted octanol–water partition coefficient (Wildman–Crippen LogP) is 4.06. The Kier molecular flexibility index (Phi) is 13.1. The number of carbonyl (C=O) groups excluding carboxylic acids is 2. The Morgan fingerprint density at radius 1 is 0.889 bits per heavy atom. The lowest BCUT2D eigenvalue weighted by Crippen LogP contribution is -2.46. The molecular weight excluding hydrogens is 460 g/mol. The molecule has 2 aliphatic rings. The summed E-state index contributed by atoms with van der Waals surface area (Å²) in [6.07, 6.45) is 6.36. The van der Waals surface area contributed by atoms with Crippen molar-refractivity contribution in [3.05, 3.63) is 0 Å². The third-order valence-corrected chi connectivity index (χ3v) is 7.68. The van der Waals surface area contributed by atoms with Crippen LogP contribution in [0.15, 0.2) is 0 Å². The van der Waals surface area contributed by atoms with E-state index in [9.17, 15) is 9.59 Å². The Morgan fingerprint density at radius 3 is 2.14 bits per heavy atom. The SMILES string of the molecule is CCONNC(=O)C1CC(CONNC(=O)C2CC(C)CC(OCCC(C)C)C2)CC(C(C)(C)C)C1. The number of ether oxygens (including phenoxy) is 1. The number of nitrogens with one attached hydrogen (secondary N) is 4. The lowest BCUT2D eigenvalue weighted by molar-refractivity contribution is -0.137. The van der Waals surface area contributed by atoms with E-state index in [4.69, 9.17) is 14.4 Å². The van der Waals surface area contributed by atoms with E-state index in [1.54, 1.807) is 0 Å². The van der Waals surface area contributed by atoms with Gasteiger partial charge in [-0.1, -0.05) is 41.5 Å². The quantitative estimate of drug-likeness (QED) is 0.218. The van der Waals surface area contributed by atoms with E-state index < -0.39 is 0 Å². The average Bonchev–Trinajstić information content (AvgIpc) is 2.80. The zero-order valence-corrected chi connectivity index (χ0v) is 23.7. The fourth-order valence-corrected chi connectivity index (χ4v) is 5.46. The highest BCUT2D eigenvalue weighted by Crippen LogP contribution is 2.43. The summed E-state index contributed by atoms with van der Waals surface area (Å²) in [6, 6.07) is 0. The molecular formula is C27H52N4O5. The first-order valence-electron chi connectivity index (χ1n) is 13.9. The van der Waals surface area contributed by atoms with Crippen molar-refractivity contribution >= 4 is 11.8 Å². The molecule has 9 heteroatoms. The van der Waals surface area contributed by atoms with Gasteiger partial charge in [-0.05, 0) is 81.0 Å². The van der Waals surface area contributed by atoms with Gasteiger partial charge in [-0.15, -0.1) is 11.2 Å². The van der Waals surface area contributed by atoms with Gasteiger partial charge in [0.15, 0.2) is 0 Å². The van der Waals surface area contributed by atoms with Crippen molar-refractivity contribution in [1.29, 1.82) is 0 Å². The number of hydrogen-bond donors (Lipinski definition) is 4. The molecule has 2 aliphatic carbocycles. The van der Waals surface area contributed by atoms with Gasteiger partial charge in [0, 0.05) is 18.4 Å². The van der Waals surface area contributed by atoms with Crippen molar-refractivity contribution in [2.75, 3.05) is 19.8 Å². The maximum Gasteiger partial charge on any atom is 0.239 e. The van der Waals surface area contributed by atoms with Gasteiger partial charge in [0.1, 0.15) is 0 Å². The summed E-state index contributed by atoms with van der Waals surface area (Å²) in [7, 11) is 0. The van der Waals surface area contributed by atoms with Gasteiger partial charge >= 0.3 is 0 Å². The standard InChI is InChI=1S/C27H52N4O5/c1-8-35-30-28-26(33)22-13-20(14-23(15-22)27(5,6)7)17-36-31-29-25(32)21-11-19(4)12-24(16-21)34-10-9-18(2)3/h18-24,30-31H,8-17H2,1-7H3,(H,28,33)(H,29,32). The smallest absolute Gasteiger partial charge is 0.239 e. The molecule has 0 radical (unpaired) electrons. The summed E-state index contributed by atoms with van der Waals surface area (Å²) >= 11 is 0. The predicted molar refractivity (Wildman–Crippen MR) is 140 cm³/mol. The van der Waals surface area contributed by atoms with Crippen molar-refractivity contribution < 1.29 is 24.0 Å². The largest absolute Gasteiger partial charge is 0.378 e. The molecule has 0 aliphatic heterocycles. The second-order valence-electron chi connectivity index (χ2n) is 12.4. The van der Waals surface area contributed by atoms with Crippen LogP contribution in [-0.4, -0.2) is 37.7 Å². The van der Waals surface area contributed by atoms with Gasteiger partial charge in [0.25, 0.3) is 0 Å². The summed E-state index contributed by atoms with van der Waals surface area (Å²) < 4.78 is 6.07. The van der Waals surface area contributed by atoms with Crippen LogP contribution in [0.4, 0.5) is 0 Å². The molecule has 0 aromatic heterocycles. The van der Waals surface area contributed by atoms with E-state index in [0.29, 0.717) is 31.0 Å². The molecule has 2 rings (SSSR count). The first-order valence-corrected chi connectivity index (χ1v) is 13.9. The molecule has 2 saturated carbocycles. The van der Waals surface area contributed by atoms with Gasteiger partial charge in [0.05, 0.1) is 19.3 Å². The van der Waals surface area contributed by atoms with E-state index >= 15 is 0 Å². The normalized spacial score (nSPS) is 29.2. The van der Waals surface area contributed by atoms with E-state index in [-0.39, 0.29) is 41.1 Å². The van der Waals surface area contributed by atoms with Crippen LogP contribution in [-0.2, 0) is 24.0 Å². The molecule has 210 valence electrons. The number of carbonyl (C=O) groups is 2. The Bertz CT molecular complexity index is 669. The molecule has 4 N–H and O–H groups in total. The average molecular weight is 513 g/mol. The van der Waals surface area contributed by atoms with Crippen LogP contribution in [0.5, 0.6) is 0 Å². The molecule has 0 aromatic rings. The summed E-state index contributed by atoms with van der Waals surface area (Å²) in [5.74, 6) is 1.38. The van der Waals surface area contributed by atoms with Crippen LogP contribution in [0.1, 0.15) is 93.4 Å². The zero-order valence-electron chi connectivity index (χ0n) is 23.7. The molecule has 9 nitrogen and oxygen atoms in total. The molecule has 0 bridgehead atoms. The third-order valence-electron chi connectivity index (χ3n) is 7.68.